The first-order chi connectivity index (χ1) is 11.7. The van der Waals surface area contributed by atoms with Crippen LogP contribution in [0.1, 0.15) is 10.6 Å². The molecule has 3 aromatic rings. The Morgan fingerprint density at radius 3 is 2.62 bits per heavy atom. The van der Waals surface area contributed by atoms with Crippen molar-refractivity contribution in [3.8, 4) is 11.1 Å². The molecule has 0 fully saturated rings. The second kappa shape index (κ2) is 8.08. The maximum absolute atomic E-state index is 12.0. The maximum Gasteiger partial charge on any atom is 0.230 e. The Morgan fingerprint density at radius 1 is 1.08 bits per heavy atom. The van der Waals surface area contributed by atoms with Crippen LogP contribution in [0.2, 0.25) is 0 Å². The molecule has 1 heterocycles. The van der Waals surface area contributed by atoms with Crippen LogP contribution in [0.25, 0.3) is 11.1 Å². The van der Waals surface area contributed by atoms with E-state index >= 15 is 0 Å². The van der Waals surface area contributed by atoms with E-state index in [9.17, 15) is 4.79 Å². The number of hydrogen-bond donors (Lipinski definition) is 1. The minimum atomic E-state index is -0.00188. The van der Waals surface area contributed by atoms with Crippen molar-refractivity contribution in [1.82, 2.24) is 15.5 Å². The summed E-state index contributed by atoms with van der Waals surface area (Å²) in [5, 5.41) is 11.8. The normalized spacial score (nSPS) is 10.5. The van der Waals surface area contributed by atoms with Gasteiger partial charge in [0.15, 0.2) is 4.34 Å². The number of carbonyl (C=O) groups excluding carboxylic acids is 1. The summed E-state index contributed by atoms with van der Waals surface area (Å²) in [6, 6.07) is 18.4. The number of nitrogens with zero attached hydrogens (tertiary/aromatic N) is 2. The van der Waals surface area contributed by atoms with Crippen molar-refractivity contribution in [3.05, 3.63) is 65.2 Å². The van der Waals surface area contributed by atoms with Crippen molar-refractivity contribution in [2.75, 3.05) is 5.75 Å². The minimum Gasteiger partial charge on any atom is -0.351 e. The van der Waals surface area contributed by atoms with Gasteiger partial charge in [-0.25, -0.2) is 0 Å². The van der Waals surface area contributed by atoms with E-state index in [1.165, 1.54) is 28.7 Å². The van der Waals surface area contributed by atoms with Crippen LogP contribution < -0.4 is 5.32 Å². The van der Waals surface area contributed by atoms with Gasteiger partial charge in [-0.3, -0.25) is 4.79 Å². The second-order valence-electron chi connectivity index (χ2n) is 5.22. The molecular formula is C18H17N3OS2. The van der Waals surface area contributed by atoms with Crippen LogP contribution >= 0.6 is 23.1 Å². The van der Waals surface area contributed by atoms with E-state index in [2.05, 4.69) is 39.8 Å². The molecule has 0 aliphatic carbocycles. The molecule has 1 N–H and O–H groups in total. The van der Waals surface area contributed by atoms with Crippen molar-refractivity contribution in [3.63, 3.8) is 0 Å². The zero-order valence-corrected chi connectivity index (χ0v) is 14.9. The van der Waals surface area contributed by atoms with Crippen molar-refractivity contribution >= 4 is 29.0 Å². The summed E-state index contributed by atoms with van der Waals surface area (Å²) in [5.41, 5.74) is 3.41. The molecule has 2 aromatic carbocycles. The van der Waals surface area contributed by atoms with Crippen LogP contribution in [-0.4, -0.2) is 21.9 Å². The molecule has 3 rings (SSSR count). The van der Waals surface area contributed by atoms with Crippen LogP contribution in [0.4, 0.5) is 0 Å². The average molecular weight is 355 g/mol. The molecular weight excluding hydrogens is 338 g/mol. The van der Waals surface area contributed by atoms with Gasteiger partial charge in [0.1, 0.15) is 5.01 Å². The number of nitrogens with one attached hydrogen (secondary N) is 1. The standard InChI is InChI=1S/C18H17N3OS2/c1-13-20-21-18(24-13)23-12-17(22)19-11-14-6-5-9-16(10-14)15-7-3-2-4-8-15/h2-10H,11-12H2,1H3,(H,19,22). The van der Waals surface area contributed by atoms with Gasteiger partial charge in [0, 0.05) is 6.54 Å². The molecule has 0 bridgehead atoms. The van der Waals surface area contributed by atoms with Gasteiger partial charge in [-0.2, -0.15) is 0 Å². The number of carbonyl (C=O) groups is 1. The lowest BCUT2D eigenvalue weighted by molar-refractivity contribution is -0.118. The Morgan fingerprint density at radius 2 is 1.88 bits per heavy atom. The number of benzene rings is 2. The Labute approximate surface area is 149 Å². The third-order valence-electron chi connectivity index (χ3n) is 3.36. The van der Waals surface area contributed by atoms with Gasteiger partial charge >= 0.3 is 0 Å². The molecule has 0 saturated carbocycles. The van der Waals surface area contributed by atoms with Gasteiger partial charge in [-0.1, -0.05) is 71.6 Å². The van der Waals surface area contributed by atoms with Gasteiger partial charge in [0.2, 0.25) is 5.91 Å². The SMILES string of the molecule is Cc1nnc(SCC(=O)NCc2cccc(-c3ccccc3)c2)s1. The van der Waals surface area contributed by atoms with Crippen molar-refractivity contribution in [2.45, 2.75) is 17.8 Å². The molecule has 0 radical (unpaired) electrons. The summed E-state index contributed by atoms with van der Waals surface area (Å²) in [6.45, 7) is 2.43. The number of thioether (sulfide) groups is 1. The lowest BCUT2D eigenvalue weighted by Gasteiger charge is -2.07. The highest BCUT2D eigenvalue weighted by Gasteiger charge is 2.07. The zero-order chi connectivity index (χ0) is 16.8. The molecule has 0 aliphatic heterocycles. The topological polar surface area (TPSA) is 54.9 Å². The summed E-state index contributed by atoms with van der Waals surface area (Å²) in [7, 11) is 0. The number of aryl methyl sites for hydroxylation is 1. The molecule has 122 valence electrons. The summed E-state index contributed by atoms with van der Waals surface area (Å²) < 4.78 is 0.828. The number of rotatable bonds is 6. The summed E-state index contributed by atoms with van der Waals surface area (Å²) >= 11 is 2.92. The molecule has 24 heavy (non-hydrogen) atoms. The highest BCUT2D eigenvalue weighted by atomic mass is 32.2. The van der Waals surface area contributed by atoms with Crippen LogP contribution in [0.3, 0.4) is 0 Å². The van der Waals surface area contributed by atoms with E-state index in [0.717, 1.165) is 20.5 Å². The Bertz CT molecular complexity index is 818. The molecule has 0 atom stereocenters. The predicted molar refractivity (Wildman–Crippen MR) is 99.1 cm³/mol. The van der Waals surface area contributed by atoms with Crippen LogP contribution in [0, 0.1) is 6.92 Å². The Balaban J connectivity index is 1.53. The smallest absolute Gasteiger partial charge is 0.230 e. The molecule has 0 aliphatic rings. The molecule has 0 spiro atoms. The van der Waals surface area contributed by atoms with Crippen molar-refractivity contribution < 1.29 is 4.79 Å². The third-order valence-corrected chi connectivity index (χ3v) is 5.33. The molecule has 6 heteroatoms. The first kappa shape index (κ1) is 16.7. The molecule has 0 saturated heterocycles. The highest BCUT2D eigenvalue weighted by Crippen LogP contribution is 2.22. The van der Waals surface area contributed by atoms with Gasteiger partial charge in [-0.05, 0) is 29.7 Å². The fraction of sp³-hybridized carbons (Fsp3) is 0.167. The number of hydrogen-bond acceptors (Lipinski definition) is 5. The van der Waals surface area contributed by atoms with E-state index in [-0.39, 0.29) is 5.91 Å². The highest BCUT2D eigenvalue weighted by molar-refractivity contribution is 8.01. The molecule has 4 nitrogen and oxygen atoms in total. The monoisotopic (exact) mass is 355 g/mol. The van der Waals surface area contributed by atoms with Gasteiger partial charge in [0.25, 0.3) is 0 Å². The summed E-state index contributed by atoms with van der Waals surface area (Å²) in [4.78, 5) is 12.0. The fourth-order valence-electron chi connectivity index (χ4n) is 2.21. The predicted octanol–water partition coefficient (Wildman–Crippen LogP) is 3.92. The minimum absolute atomic E-state index is 0.00188. The third kappa shape index (κ3) is 4.66. The van der Waals surface area contributed by atoms with Crippen LogP contribution in [-0.2, 0) is 11.3 Å². The second-order valence-corrected chi connectivity index (χ2v) is 7.62. The van der Waals surface area contributed by atoms with E-state index in [1.807, 2.05) is 37.3 Å². The molecule has 0 unspecified atom stereocenters. The number of aromatic nitrogens is 2. The summed E-state index contributed by atoms with van der Waals surface area (Å²) in [6.07, 6.45) is 0. The van der Waals surface area contributed by atoms with Gasteiger partial charge in [0.05, 0.1) is 5.75 Å². The van der Waals surface area contributed by atoms with E-state index < -0.39 is 0 Å². The Kier molecular flexibility index (Phi) is 5.61. The van der Waals surface area contributed by atoms with E-state index in [0.29, 0.717) is 12.3 Å². The first-order valence-corrected chi connectivity index (χ1v) is 9.35. The zero-order valence-electron chi connectivity index (χ0n) is 13.2. The molecule has 1 aromatic heterocycles. The fourth-order valence-corrected chi connectivity index (χ4v) is 3.85. The van der Waals surface area contributed by atoms with Crippen molar-refractivity contribution in [2.24, 2.45) is 0 Å². The van der Waals surface area contributed by atoms with E-state index in [4.69, 9.17) is 0 Å². The number of amides is 1. The quantitative estimate of drug-likeness (QED) is 0.681. The van der Waals surface area contributed by atoms with Crippen molar-refractivity contribution in [1.29, 1.82) is 0 Å². The average Bonchev–Trinajstić information content (AvgIpc) is 3.04. The maximum atomic E-state index is 12.0. The Hall–Kier alpha value is -2.18. The summed E-state index contributed by atoms with van der Waals surface area (Å²) in [5.74, 6) is 0.352. The lowest BCUT2D eigenvalue weighted by Crippen LogP contribution is -2.24. The molecule has 1 amide bonds. The van der Waals surface area contributed by atoms with Crippen LogP contribution in [0.15, 0.2) is 58.9 Å². The van der Waals surface area contributed by atoms with Gasteiger partial charge < -0.3 is 5.32 Å². The van der Waals surface area contributed by atoms with E-state index in [1.54, 1.807) is 0 Å². The van der Waals surface area contributed by atoms with Crippen LogP contribution in [0.5, 0.6) is 0 Å². The first-order valence-electron chi connectivity index (χ1n) is 7.55. The van der Waals surface area contributed by atoms with Gasteiger partial charge in [-0.15, -0.1) is 10.2 Å². The lowest BCUT2D eigenvalue weighted by atomic mass is 10.0. The largest absolute Gasteiger partial charge is 0.351 e.